The Labute approximate surface area is 142 Å². The summed E-state index contributed by atoms with van der Waals surface area (Å²) in [6, 6.07) is 14.9. The quantitative estimate of drug-likeness (QED) is 0.769. The van der Waals surface area contributed by atoms with Crippen molar-refractivity contribution in [2.24, 2.45) is 0 Å². The predicted octanol–water partition coefficient (Wildman–Crippen LogP) is 3.04. The minimum Gasteiger partial charge on any atom is -0.494 e. The van der Waals surface area contributed by atoms with E-state index in [0.717, 1.165) is 16.9 Å². The van der Waals surface area contributed by atoms with Crippen LogP contribution in [0.3, 0.4) is 0 Å². The molecule has 5 nitrogen and oxygen atoms in total. The van der Waals surface area contributed by atoms with Crippen molar-refractivity contribution >= 4 is 17.5 Å². The van der Waals surface area contributed by atoms with Gasteiger partial charge in [0.1, 0.15) is 12.2 Å². The van der Waals surface area contributed by atoms with Gasteiger partial charge in [-0.05, 0) is 49.2 Å². The molecule has 0 radical (unpaired) electrons. The molecule has 5 heteroatoms. The van der Waals surface area contributed by atoms with Gasteiger partial charge in [0, 0.05) is 12.2 Å². The summed E-state index contributed by atoms with van der Waals surface area (Å²) in [6.07, 6.45) is -0.209. The standard InChI is InChI=1S/C19H22N2O3/c1-3-24-17-10-8-16(9-11-17)21-19(23)12-18(22)20-13-15-7-5-4-6-14(15)2/h4-11H,3,12-13H2,1-2H3,(H,20,22)(H,21,23). The molecule has 24 heavy (non-hydrogen) atoms. The fourth-order valence-electron chi connectivity index (χ4n) is 2.22. The highest BCUT2D eigenvalue weighted by Gasteiger charge is 2.10. The van der Waals surface area contributed by atoms with E-state index in [1.807, 2.05) is 38.1 Å². The third kappa shape index (κ3) is 5.43. The lowest BCUT2D eigenvalue weighted by molar-refractivity contribution is -0.126. The van der Waals surface area contributed by atoms with E-state index in [0.29, 0.717) is 18.8 Å². The van der Waals surface area contributed by atoms with E-state index in [1.54, 1.807) is 24.3 Å². The number of ether oxygens (including phenoxy) is 1. The number of amides is 2. The van der Waals surface area contributed by atoms with E-state index in [9.17, 15) is 9.59 Å². The Balaban J connectivity index is 1.79. The molecule has 0 aliphatic rings. The molecule has 0 saturated carbocycles. The summed E-state index contributed by atoms with van der Waals surface area (Å²) in [6.45, 7) is 4.90. The molecule has 0 atom stereocenters. The lowest BCUT2D eigenvalue weighted by Crippen LogP contribution is -2.28. The minimum atomic E-state index is -0.346. The van der Waals surface area contributed by atoms with E-state index in [-0.39, 0.29) is 18.2 Å². The molecule has 0 bridgehead atoms. The van der Waals surface area contributed by atoms with E-state index in [2.05, 4.69) is 10.6 Å². The Morgan fingerprint density at radius 2 is 1.71 bits per heavy atom. The van der Waals surface area contributed by atoms with E-state index < -0.39 is 0 Å². The summed E-state index contributed by atoms with van der Waals surface area (Å²) in [4.78, 5) is 23.8. The summed E-state index contributed by atoms with van der Waals surface area (Å²) >= 11 is 0. The first kappa shape index (κ1) is 17.5. The summed E-state index contributed by atoms with van der Waals surface area (Å²) in [5, 5.41) is 5.46. The second kappa shape index (κ2) is 8.72. The molecule has 0 saturated heterocycles. The lowest BCUT2D eigenvalue weighted by Gasteiger charge is -2.09. The average Bonchev–Trinajstić information content (AvgIpc) is 2.56. The molecule has 0 unspecified atom stereocenters. The molecule has 0 aromatic heterocycles. The van der Waals surface area contributed by atoms with Gasteiger partial charge < -0.3 is 15.4 Å². The van der Waals surface area contributed by atoms with Gasteiger partial charge in [0.15, 0.2) is 0 Å². The highest BCUT2D eigenvalue weighted by atomic mass is 16.5. The highest BCUT2D eigenvalue weighted by molar-refractivity contribution is 6.03. The monoisotopic (exact) mass is 326 g/mol. The van der Waals surface area contributed by atoms with Crippen LogP contribution in [0.2, 0.25) is 0 Å². The summed E-state index contributed by atoms with van der Waals surface area (Å²) < 4.78 is 5.34. The van der Waals surface area contributed by atoms with Crippen LogP contribution in [0, 0.1) is 6.92 Å². The van der Waals surface area contributed by atoms with Gasteiger partial charge in [-0.1, -0.05) is 24.3 Å². The van der Waals surface area contributed by atoms with Gasteiger partial charge in [-0.25, -0.2) is 0 Å². The van der Waals surface area contributed by atoms with Crippen molar-refractivity contribution in [3.8, 4) is 5.75 Å². The van der Waals surface area contributed by atoms with Crippen LogP contribution in [-0.2, 0) is 16.1 Å². The van der Waals surface area contributed by atoms with Crippen LogP contribution in [-0.4, -0.2) is 18.4 Å². The number of carbonyl (C=O) groups is 2. The summed E-state index contributed by atoms with van der Waals surface area (Å²) in [5.74, 6) is 0.0922. The number of nitrogens with one attached hydrogen (secondary N) is 2. The van der Waals surface area contributed by atoms with E-state index >= 15 is 0 Å². The number of hydrogen-bond acceptors (Lipinski definition) is 3. The van der Waals surface area contributed by atoms with Crippen molar-refractivity contribution in [1.29, 1.82) is 0 Å². The smallest absolute Gasteiger partial charge is 0.233 e. The fourth-order valence-corrected chi connectivity index (χ4v) is 2.22. The number of benzene rings is 2. The van der Waals surface area contributed by atoms with Crippen LogP contribution in [0.1, 0.15) is 24.5 Å². The van der Waals surface area contributed by atoms with E-state index in [1.165, 1.54) is 0 Å². The van der Waals surface area contributed by atoms with Gasteiger partial charge in [-0.3, -0.25) is 9.59 Å². The minimum absolute atomic E-state index is 0.209. The van der Waals surface area contributed by atoms with Crippen molar-refractivity contribution in [2.45, 2.75) is 26.8 Å². The van der Waals surface area contributed by atoms with Gasteiger partial charge in [0.2, 0.25) is 11.8 Å². The van der Waals surface area contributed by atoms with Crippen LogP contribution < -0.4 is 15.4 Å². The normalized spacial score (nSPS) is 10.1. The number of carbonyl (C=O) groups excluding carboxylic acids is 2. The van der Waals surface area contributed by atoms with Crippen LogP contribution in [0.25, 0.3) is 0 Å². The number of hydrogen-bond donors (Lipinski definition) is 2. The third-order valence-electron chi connectivity index (χ3n) is 3.51. The maximum Gasteiger partial charge on any atom is 0.233 e. The first-order valence-electron chi connectivity index (χ1n) is 7.92. The average molecular weight is 326 g/mol. The summed E-state index contributed by atoms with van der Waals surface area (Å²) in [7, 11) is 0. The molecule has 2 rings (SSSR count). The van der Waals surface area contributed by atoms with Gasteiger partial charge in [0.25, 0.3) is 0 Å². The number of aryl methyl sites for hydroxylation is 1. The molecule has 0 heterocycles. The van der Waals surface area contributed by atoms with Crippen molar-refractivity contribution < 1.29 is 14.3 Å². The maximum absolute atomic E-state index is 11.9. The lowest BCUT2D eigenvalue weighted by atomic mass is 10.1. The molecule has 0 aliphatic heterocycles. The zero-order chi connectivity index (χ0) is 17.4. The molecule has 2 N–H and O–H groups in total. The molecule has 2 aromatic rings. The SMILES string of the molecule is CCOc1ccc(NC(=O)CC(=O)NCc2ccccc2C)cc1. The Bertz CT molecular complexity index is 696. The van der Waals surface area contributed by atoms with Crippen molar-refractivity contribution in [3.05, 3.63) is 59.7 Å². The zero-order valence-electron chi connectivity index (χ0n) is 14.0. The first-order chi connectivity index (χ1) is 11.6. The van der Waals surface area contributed by atoms with Crippen LogP contribution in [0.15, 0.2) is 48.5 Å². The number of rotatable bonds is 7. The Morgan fingerprint density at radius 1 is 1.00 bits per heavy atom. The van der Waals surface area contributed by atoms with Crippen LogP contribution in [0.4, 0.5) is 5.69 Å². The Hall–Kier alpha value is -2.82. The summed E-state index contributed by atoms with van der Waals surface area (Å²) in [5.41, 5.74) is 2.78. The number of anilines is 1. The predicted molar refractivity (Wildman–Crippen MR) is 93.9 cm³/mol. The molecule has 2 amide bonds. The highest BCUT2D eigenvalue weighted by Crippen LogP contribution is 2.15. The maximum atomic E-state index is 11.9. The molecule has 126 valence electrons. The van der Waals surface area contributed by atoms with E-state index in [4.69, 9.17) is 4.74 Å². The van der Waals surface area contributed by atoms with Crippen molar-refractivity contribution in [2.75, 3.05) is 11.9 Å². The molecule has 2 aromatic carbocycles. The molecule has 0 spiro atoms. The van der Waals surface area contributed by atoms with Crippen molar-refractivity contribution in [1.82, 2.24) is 5.32 Å². The Kier molecular flexibility index (Phi) is 6.37. The second-order valence-electron chi connectivity index (χ2n) is 5.39. The third-order valence-corrected chi connectivity index (χ3v) is 3.51. The van der Waals surface area contributed by atoms with Crippen LogP contribution >= 0.6 is 0 Å². The largest absolute Gasteiger partial charge is 0.494 e. The molecular weight excluding hydrogens is 304 g/mol. The topological polar surface area (TPSA) is 67.4 Å². The van der Waals surface area contributed by atoms with Crippen molar-refractivity contribution in [3.63, 3.8) is 0 Å². The van der Waals surface area contributed by atoms with Gasteiger partial charge >= 0.3 is 0 Å². The first-order valence-corrected chi connectivity index (χ1v) is 7.92. The fraction of sp³-hybridized carbons (Fsp3) is 0.263. The van der Waals surface area contributed by atoms with Gasteiger partial charge in [-0.15, -0.1) is 0 Å². The zero-order valence-corrected chi connectivity index (χ0v) is 14.0. The molecule has 0 aliphatic carbocycles. The molecule has 0 fully saturated rings. The molecular formula is C19H22N2O3. The van der Waals surface area contributed by atoms with Crippen LogP contribution in [0.5, 0.6) is 5.75 Å². The van der Waals surface area contributed by atoms with Gasteiger partial charge in [0.05, 0.1) is 6.61 Å². The Morgan fingerprint density at radius 3 is 2.38 bits per heavy atom. The second-order valence-corrected chi connectivity index (χ2v) is 5.39. The van der Waals surface area contributed by atoms with Gasteiger partial charge in [-0.2, -0.15) is 0 Å².